The van der Waals surface area contributed by atoms with E-state index in [0.717, 1.165) is 49.7 Å². The van der Waals surface area contributed by atoms with E-state index in [-0.39, 0.29) is 11.8 Å². The molecule has 0 bridgehead atoms. The van der Waals surface area contributed by atoms with Gasteiger partial charge in [0.15, 0.2) is 0 Å². The van der Waals surface area contributed by atoms with Crippen molar-refractivity contribution in [3.8, 4) is 0 Å². The molecule has 0 saturated heterocycles. The van der Waals surface area contributed by atoms with Gasteiger partial charge in [-0.25, -0.2) is 4.98 Å². The van der Waals surface area contributed by atoms with E-state index in [2.05, 4.69) is 20.5 Å². The number of amides is 1. The van der Waals surface area contributed by atoms with Gasteiger partial charge in [-0.05, 0) is 32.8 Å². The molecule has 7 nitrogen and oxygen atoms in total. The van der Waals surface area contributed by atoms with Crippen LogP contribution in [0.3, 0.4) is 0 Å². The van der Waals surface area contributed by atoms with E-state index in [9.17, 15) is 4.79 Å². The maximum Gasteiger partial charge on any atom is 0.223 e. The highest BCUT2D eigenvalue weighted by atomic mass is 16.1. The van der Waals surface area contributed by atoms with E-state index in [0.29, 0.717) is 6.54 Å². The number of carbonyl (C=O) groups excluding carboxylic acids is 1. The SMILES string of the molecule is Cc1nc(C)n(CCCNC(=O)C2CCn3nccc3C2)n1. The van der Waals surface area contributed by atoms with Crippen molar-refractivity contribution in [2.24, 2.45) is 5.92 Å². The summed E-state index contributed by atoms with van der Waals surface area (Å²) in [7, 11) is 0. The van der Waals surface area contributed by atoms with E-state index in [4.69, 9.17) is 0 Å². The second kappa shape index (κ2) is 6.29. The van der Waals surface area contributed by atoms with Crippen LogP contribution >= 0.6 is 0 Å². The highest BCUT2D eigenvalue weighted by Crippen LogP contribution is 2.19. The lowest BCUT2D eigenvalue weighted by Gasteiger charge is -2.22. The van der Waals surface area contributed by atoms with Gasteiger partial charge in [-0.2, -0.15) is 10.2 Å². The van der Waals surface area contributed by atoms with Gasteiger partial charge in [0.1, 0.15) is 11.6 Å². The van der Waals surface area contributed by atoms with Gasteiger partial charge in [-0.3, -0.25) is 14.2 Å². The number of nitrogens with one attached hydrogen (secondary N) is 1. The average Bonchev–Trinajstić information content (AvgIpc) is 3.08. The maximum absolute atomic E-state index is 12.2. The van der Waals surface area contributed by atoms with Gasteiger partial charge in [0.25, 0.3) is 0 Å². The van der Waals surface area contributed by atoms with Crippen molar-refractivity contribution in [3.63, 3.8) is 0 Å². The molecule has 2 aromatic rings. The monoisotopic (exact) mass is 302 g/mol. The Morgan fingerprint density at radius 2 is 2.32 bits per heavy atom. The normalized spacial score (nSPS) is 17.3. The minimum Gasteiger partial charge on any atom is -0.356 e. The zero-order valence-corrected chi connectivity index (χ0v) is 13.1. The first-order valence-corrected chi connectivity index (χ1v) is 7.80. The average molecular weight is 302 g/mol. The van der Waals surface area contributed by atoms with Crippen LogP contribution in [0.4, 0.5) is 0 Å². The van der Waals surface area contributed by atoms with Crippen LogP contribution in [0, 0.1) is 19.8 Å². The van der Waals surface area contributed by atoms with Crippen LogP contribution in [0.15, 0.2) is 12.3 Å². The first kappa shape index (κ1) is 14.7. The van der Waals surface area contributed by atoms with Crippen LogP contribution in [0.2, 0.25) is 0 Å². The van der Waals surface area contributed by atoms with Crippen LogP contribution < -0.4 is 5.32 Å². The molecule has 1 atom stereocenters. The zero-order chi connectivity index (χ0) is 15.5. The van der Waals surface area contributed by atoms with Crippen molar-refractivity contribution < 1.29 is 4.79 Å². The van der Waals surface area contributed by atoms with Crippen molar-refractivity contribution in [1.82, 2.24) is 29.9 Å². The maximum atomic E-state index is 12.2. The summed E-state index contributed by atoms with van der Waals surface area (Å²) in [5.41, 5.74) is 1.15. The molecular formula is C15H22N6O. The summed E-state index contributed by atoms with van der Waals surface area (Å²) < 4.78 is 3.88. The highest BCUT2D eigenvalue weighted by Gasteiger charge is 2.24. The number of hydrogen-bond acceptors (Lipinski definition) is 4. The molecule has 3 heterocycles. The fraction of sp³-hybridized carbons (Fsp3) is 0.600. The predicted molar refractivity (Wildman–Crippen MR) is 81.2 cm³/mol. The molecule has 1 aliphatic rings. The summed E-state index contributed by atoms with van der Waals surface area (Å²) >= 11 is 0. The van der Waals surface area contributed by atoms with Gasteiger partial charge < -0.3 is 5.32 Å². The van der Waals surface area contributed by atoms with Crippen molar-refractivity contribution in [3.05, 3.63) is 29.6 Å². The molecule has 1 unspecified atom stereocenters. The van der Waals surface area contributed by atoms with Gasteiger partial charge in [0.05, 0.1) is 0 Å². The number of fused-ring (bicyclic) bond motifs is 1. The molecule has 22 heavy (non-hydrogen) atoms. The molecule has 0 radical (unpaired) electrons. The predicted octanol–water partition coefficient (Wildman–Crippen LogP) is 0.860. The summed E-state index contributed by atoms with van der Waals surface area (Å²) in [5, 5.41) is 11.6. The van der Waals surface area contributed by atoms with E-state index >= 15 is 0 Å². The molecule has 0 aliphatic carbocycles. The van der Waals surface area contributed by atoms with Crippen LogP contribution in [-0.2, 0) is 24.3 Å². The molecule has 1 amide bonds. The van der Waals surface area contributed by atoms with Gasteiger partial charge in [0.2, 0.25) is 5.91 Å². The van der Waals surface area contributed by atoms with E-state index in [1.54, 1.807) is 6.20 Å². The smallest absolute Gasteiger partial charge is 0.223 e. The lowest BCUT2D eigenvalue weighted by molar-refractivity contribution is -0.125. The van der Waals surface area contributed by atoms with Crippen molar-refractivity contribution >= 4 is 5.91 Å². The quantitative estimate of drug-likeness (QED) is 0.831. The molecular weight excluding hydrogens is 280 g/mol. The third-order valence-electron chi connectivity index (χ3n) is 4.13. The molecule has 0 fully saturated rings. The Labute approximate surface area is 129 Å². The molecule has 7 heteroatoms. The van der Waals surface area contributed by atoms with Crippen LogP contribution in [0.1, 0.15) is 30.2 Å². The van der Waals surface area contributed by atoms with E-state index < -0.39 is 0 Å². The molecule has 2 aromatic heterocycles. The topological polar surface area (TPSA) is 77.6 Å². The van der Waals surface area contributed by atoms with Gasteiger partial charge in [-0.15, -0.1) is 0 Å². The second-order valence-corrected chi connectivity index (χ2v) is 5.81. The van der Waals surface area contributed by atoms with E-state index in [1.165, 1.54) is 0 Å². The van der Waals surface area contributed by atoms with Crippen molar-refractivity contribution in [2.75, 3.05) is 6.54 Å². The molecule has 0 saturated carbocycles. The Hall–Kier alpha value is -2.18. The number of nitrogens with zero attached hydrogens (tertiary/aromatic N) is 5. The Kier molecular flexibility index (Phi) is 4.22. The highest BCUT2D eigenvalue weighted by molar-refractivity contribution is 5.78. The molecule has 118 valence electrons. The van der Waals surface area contributed by atoms with Crippen LogP contribution in [0.5, 0.6) is 0 Å². The Bertz CT molecular complexity index is 659. The summed E-state index contributed by atoms with van der Waals surface area (Å²) in [6, 6.07) is 2.00. The molecule has 0 spiro atoms. The fourth-order valence-corrected chi connectivity index (χ4v) is 2.95. The number of carbonyl (C=O) groups is 1. The van der Waals surface area contributed by atoms with E-state index in [1.807, 2.05) is 29.3 Å². The minimum atomic E-state index is 0.0690. The number of aryl methyl sites for hydroxylation is 4. The third-order valence-corrected chi connectivity index (χ3v) is 4.13. The molecule has 1 aliphatic heterocycles. The van der Waals surface area contributed by atoms with Gasteiger partial charge in [0, 0.05) is 43.9 Å². The summed E-state index contributed by atoms with van der Waals surface area (Å²) in [5.74, 6) is 1.93. The Morgan fingerprint density at radius 3 is 3.09 bits per heavy atom. The summed E-state index contributed by atoms with van der Waals surface area (Å²) in [4.78, 5) is 16.5. The molecule has 0 aromatic carbocycles. The lowest BCUT2D eigenvalue weighted by Crippen LogP contribution is -2.36. The lowest BCUT2D eigenvalue weighted by atomic mass is 9.95. The molecule has 1 N–H and O–H groups in total. The first-order valence-electron chi connectivity index (χ1n) is 7.80. The second-order valence-electron chi connectivity index (χ2n) is 5.81. The van der Waals surface area contributed by atoms with Gasteiger partial charge >= 0.3 is 0 Å². The largest absolute Gasteiger partial charge is 0.356 e. The van der Waals surface area contributed by atoms with Crippen LogP contribution in [-0.4, -0.2) is 37.0 Å². The zero-order valence-electron chi connectivity index (χ0n) is 13.1. The van der Waals surface area contributed by atoms with Crippen LogP contribution in [0.25, 0.3) is 0 Å². The summed E-state index contributed by atoms with van der Waals surface area (Å²) in [6.45, 7) is 6.12. The Balaban J connectivity index is 1.42. The molecule has 3 rings (SSSR count). The standard InChI is InChI=1S/C15H22N6O/c1-11-18-12(2)20(19-11)8-3-6-16-15(22)13-5-9-21-14(10-13)4-7-17-21/h4,7,13H,3,5-6,8-10H2,1-2H3,(H,16,22). The van der Waals surface area contributed by atoms with Crippen molar-refractivity contribution in [1.29, 1.82) is 0 Å². The number of hydrogen-bond donors (Lipinski definition) is 1. The Morgan fingerprint density at radius 1 is 1.45 bits per heavy atom. The first-order chi connectivity index (χ1) is 10.6. The minimum absolute atomic E-state index is 0.0690. The summed E-state index contributed by atoms with van der Waals surface area (Å²) in [6.07, 6.45) is 4.31. The number of rotatable bonds is 5. The van der Waals surface area contributed by atoms with Gasteiger partial charge in [-0.1, -0.05) is 0 Å². The van der Waals surface area contributed by atoms with Crippen molar-refractivity contribution in [2.45, 2.75) is 46.2 Å². The fourth-order valence-electron chi connectivity index (χ4n) is 2.95. The third kappa shape index (κ3) is 3.18. The number of aromatic nitrogens is 5.